The van der Waals surface area contributed by atoms with E-state index in [1.807, 2.05) is 88.0 Å². The van der Waals surface area contributed by atoms with E-state index in [1.165, 1.54) is 12.3 Å². The Kier molecular flexibility index (Phi) is 10.6. The van der Waals surface area contributed by atoms with E-state index >= 15 is 0 Å². The molecule has 94 heavy (non-hydrogen) atoms. The highest BCUT2D eigenvalue weighted by molar-refractivity contribution is 6.09. The lowest BCUT2D eigenvalue weighted by Crippen LogP contribution is -2.31. The van der Waals surface area contributed by atoms with Crippen LogP contribution in [0.15, 0.2) is 261 Å². The van der Waals surface area contributed by atoms with Crippen molar-refractivity contribution in [2.24, 2.45) is 0 Å². The lowest BCUT2D eigenvalue weighted by molar-refractivity contribution is -0.571. The smallest absolute Gasteiger partial charge is 0.269 e. The number of hydrogen-bond donors (Lipinski definition) is 0. The van der Waals surface area contributed by atoms with E-state index < -0.39 is 132 Å². The Morgan fingerprint density at radius 3 is 1.64 bits per heavy atom. The zero-order valence-electron chi connectivity index (χ0n) is 74.7. The maximum atomic E-state index is 10.6. The normalized spacial score (nSPS) is 15.4. The van der Waals surface area contributed by atoms with Crippen LogP contribution in [0.2, 0.25) is 0 Å². The van der Waals surface area contributed by atoms with E-state index in [4.69, 9.17) is 28.9 Å². The van der Waals surface area contributed by atoms with Gasteiger partial charge in [0.25, 0.3) is 6.33 Å². The van der Waals surface area contributed by atoms with Crippen LogP contribution in [0.1, 0.15) is 138 Å². The average molecular weight is 1240 g/mol. The topological polar surface area (TPSA) is 35.9 Å². The van der Waals surface area contributed by atoms with Crippen molar-refractivity contribution >= 4 is 32.8 Å². The van der Waals surface area contributed by atoms with Crippen LogP contribution >= 0.6 is 0 Å². The maximum Gasteiger partial charge on any atom is 0.269 e. The number of hydrogen-bond acceptors (Lipinski definition) is 2. The van der Waals surface area contributed by atoms with Crippen LogP contribution in [0.5, 0.6) is 11.5 Å². The predicted octanol–water partition coefficient (Wildman–Crippen LogP) is 23.5. The molecule has 14 rings (SSSR count). The summed E-state index contributed by atoms with van der Waals surface area (Å²) in [7, 11) is 0. The molecule has 0 fully saturated rings. The molecule has 5 heteroatoms. The molecule has 0 bridgehead atoms. The number of pyridine rings is 1. The van der Waals surface area contributed by atoms with Crippen molar-refractivity contribution in [2.75, 3.05) is 0 Å². The van der Waals surface area contributed by atoms with Gasteiger partial charge in [-0.1, -0.05) is 265 Å². The van der Waals surface area contributed by atoms with Crippen LogP contribution in [0.4, 0.5) is 0 Å². The van der Waals surface area contributed by atoms with E-state index in [0.717, 1.165) is 55.8 Å². The minimum absolute atomic E-state index is 0.141. The third kappa shape index (κ3) is 11.9. The van der Waals surface area contributed by atoms with Crippen LogP contribution in [0, 0.1) is 13.2 Å². The highest BCUT2D eigenvalue weighted by Gasteiger charge is 2.27. The van der Waals surface area contributed by atoms with E-state index in [2.05, 4.69) is 132 Å². The van der Waals surface area contributed by atoms with Crippen molar-refractivity contribution in [3.63, 3.8) is 0 Å². The molecule has 0 spiro atoms. The van der Waals surface area contributed by atoms with Crippen molar-refractivity contribution in [3.05, 3.63) is 295 Å². The summed E-state index contributed by atoms with van der Waals surface area (Å²) in [6.07, 6.45) is 5.02. The SMILES string of the molecule is [2H]c1cc(-c2c([2H])c(-c3cccc(-c4cc(C(C)(C)C)cc(C(C)(C)C)c4)c3-[n+]3[c-]n(-c4cccc(Oc5ccc6c7ccccc7n(-c7cc(C([2H])([2H])[2H])c(-c8c([2H])c([2H])c([2H])c([2H])c8[2H])cn7)c6c5)c4)c4cc(-c5cc(C(C)(C)C)cc(C(C)(C)C)c5)ccc43)c([2H])c(-c3c([2H])c([2H])c([2H])c([2H])c3[2H])c2[2H])c([2H])c([2H])c1[2H]. The summed E-state index contributed by atoms with van der Waals surface area (Å²) in [4.78, 5) is 4.79. The number of aryl methyl sites for hydroxylation is 1. The molecule has 464 valence electrons. The zero-order chi connectivity index (χ0) is 82.7. The second-order valence-corrected chi connectivity index (χ2v) is 28.1. The minimum Gasteiger partial charge on any atom is -0.458 e. The van der Waals surface area contributed by atoms with Gasteiger partial charge in [-0.15, -0.1) is 0 Å². The molecule has 0 amide bonds. The van der Waals surface area contributed by atoms with Gasteiger partial charge in [0.2, 0.25) is 0 Å². The van der Waals surface area contributed by atoms with Gasteiger partial charge in [-0.2, -0.15) is 0 Å². The molecule has 3 heterocycles. The second-order valence-electron chi connectivity index (χ2n) is 28.1. The lowest BCUT2D eigenvalue weighted by Gasteiger charge is -2.27. The molecule has 14 aromatic rings. The summed E-state index contributed by atoms with van der Waals surface area (Å²) < 4.78 is 194. The molecule has 0 N–H and O–H groups in total. The molecular weight excluding hydrogens is 1140 g/mol. The Hall–Kier alpha value is -10.4. The van der Waals surface area contributed by atoms with Gasteiger partial charge in [-0.3, -0.25) is 13.7 Å². The van der Waals surface area contributed by atoms with Crippen molar-refractivity contribution in [1.82, 2.24) is 14.1 Å². The number of fused-ring (bicyclic) bond motifs is 4. The Labute approximate surface area is 583 Å². The summed E-state index contributed by atoms with van der Waals surface area (Å²) in [5.74, 6) is 0.887. The van der Waals surface area contributed by atoms with Gasteiger partial charge in [0.05, 0.1) is 56.7 Å². The first-order valence-corrected chi connectivity index (χ1v) is 31.4. The number of nitrogens with zero attached hydrogens (tertiary/aromatic N) is 4. The summed E-state index contributed by atoms with van der Waals surface area (Å²) in [5, 5.41) is 1.56. The number of para-hydroxylation sites is 2. The molecular formula is C89H82N4O. The van der Waals surface area contributed by atoms with Crippen molar-refractivity contribution in [1.29, 1.82) is 0 Å². The molecule has 0 aliphatic rings. The Bertz CT molecular complexity index is 6280. The van der Waals surface area contributed by atoms with Crippen LogP contribution in [0.3, 0.4) is 0 Å². The third-order valence-electron chi connectivity index (χ3n) is 17.3. The molecule has 5 nitrogen and oxygen atoms in total. The fourth-order valence-corrected chi connectivity index (χ4v) is 12.1. The first-order chi connectivity index (χ1) is 53.3. The predicted molar refractivity (Wildman–Crippen MR) is 394 cm³/mol. The molecule has 11 aromatic carbocycles. The van der Waals surface area contributed by atoms with Gasteiger partial charge in [0.15, 0.2) is 0 Å². The number of imidazole rings is 1. The monoisotopic (exact) mass is 1240 g/mol. The van der Waals surface area contributed by atoms with Gasteiger partial charge in [0, 0.05) is 32.7 Å². The van der Waals surface area contributed by atoms with E-state index in [9.17, 15) is 8.22 Å². The minimum atomic E-state index is -2.85. The van der Waals surface area contributed by atoms with Crippen LogP contribution in [0.25, 0.3) is 117 Å². The van der Waals surface area contributed by atoms with Gasteiger partial charge in [-0.05, 0) is 184 Å². The van der Waals surface area contributed by atoms with Crippen molar-refractivity contribution in [3.8, 4) is 95.5 Å². The molecule has 0 atom stereocenters. The van der Waals surface area contributed by atoms with E-state index in [1.54, 1.807) is 22.8 Å². The molecule has 0 aliphatic heterocycles. The zero-order valence-corrected chi connectivity index (χ0v) is 54.7. The highest BCUT2D eigenvalue weighted by Crippen LogP contribution is 2.44. The van der Waals surface area contributed by atoms with Crippen LogP contribution in [-0.4, -0.2) is 14.1 Å². The largest absolute Gasteiger partial charge is 0.458 e. The van der Waals surface area contributed by atoms with Crippen LogP contribution < -0.4 is 9.30 Å². The van der Waals surface area contributed by atoms with Gasteiger partial charge < -0.3 is 4.74 Å². The second kappa shape index (κ2) is 23.6. The molecule has 0 radical (unpaired) electrons. The first kappa shape index (κ1) is 42.0. The Balaban J connectivity index is 1.05. The number of benzene rings is 11. The Morgan fingerprint density at radius 2 is 0.979 bits per heavy atom. The fraction of sp³-hybridized carbons (Fsp3) is 0.191. The highest BCUT2D eigenvalue weighted by atomic mass is 16.5. The summed E-state index contributed by atoms with van der Waals surface area (Å²) in [5.41, 5.74) is 6.74. The molecule has 0 aliphatic carbocycles. The van der Waals surface area contributed by atoms with E-state index in [0.29, 0.717) is 50.5 Å². The van der Waals surface area contributed by atoms with Gasteiger partial charge in [-0.25, -0.2) is 4.98 Å². The summed E-state index contributed by atoms with van der Waals surface area (Å²) in [6, 6.07) is 36.6. The van der Waals surface area contributed by atoms with Crippen molar-refractivity contribution in [2.45, 2.75) is 112 Å². The maximum absolute atomic E-state index is 10.6. The number of ether oxygens (including phenoxy) is 1. The average Bonchev–Trinajstić information content (AvgIpc) is 0.937. The fourth-order valence-electron chi connectivity index (χ4n) is 12.1. The number of rotatable bonds is 11. The van der Waals surface area contributed by atoms with Crippen molar-refractivity contribution < 1.29 is 36.7 Å². The molecule has 0 saturated carbocycles. The van der Waals surface area contributed by atoms with Crippen LogP contribution in [-0.2, 0) is 21.7 Å². The lowest BCUT2D eigenvalue weighted by atomic mass is 9.78. The van der Waals surface area contributed by atoms with Gasteiger partial charge in [0.1, 0.15) is 17.3 Å². The quantitative estimate of drug-likeness (QED) is 0.0956. The molecule has 0 unspecified atom stereocenters. The molecule has 3 aromatic heterocycles. The van der Waals surface area contributed by atoms with Gasteiger partial charge >= 0.3 is 0 Å². The summed E-state index contributed by atoms with van der Waals surface area (Å²) in [6.45, 7) is 23.0. The Morgan fingerprint density at radius 1 is 0.415 bits per heavy atom. The summed E-state index contributed by atoms with van der Waals surface area (Å²) >= 11 is 0. The first-order valence-electron chi connectivity index (χ1n) is 41.4. The standard InChI is InChI=1S/C89H82N4O/c1-58-43-84(90-56-79(58)61-31-21-16-22-32-61)93-80-38-24-23-35-77(80)78-41-40-74(55-82(78)93)94-73-34-25-33-72(54-73)91-57-92(81-42-39-62(51-83(81)91)65-47-68(86(2,3)4)52-69(48-65)87(5,6)7)85-75(36-26-37-76(85)67-49-70(88(8,9)10)53-71(50-67)89(11,12)13)66-45-63(59-27-17-14-18-28-59)44-64(46-66)60-29-19-15-20-30-60/h14-56H,1-13H3/i1D3,14D,15D,16D,17D,18D,19D,20D,21D,22D,27D,28D,29D,31D,32D,44D,45D,46D. The van der Waals surface area contributed by atoms with E-state index in [-0.39, 0.29) is 55.6 Å². The third-order valence-corrected chi connectivity index (χ3v) is 17.3. The molecule has 0 saturated heterocycles. The number of aromatic nitrogens is 4.